The molecule has 1 aliphatic rings. The fourth-order valence-electron chi connectivity index (χ4n) is 2.34. The lowest BCUT2D eigenvalue weighted by molar-refractivity contribution is 0.726. The van der Waals surface area contributed by atoms with Crippen LogP contribution in [-0.2, 0) is 0 Å². The quantitative estimate of drug-likeness (QED) is 0.741. The van der Waals surface area contributed by atoms with Crippen LogP contribution < -0.4 is 4.90 Å². The van der Waals surface area contributed by atoms with Crippen molar-refractivity contribution in [3.05, 3.63) is 23.6 Å². The highest BCUT2D eigenvalue weighted by molar-refractivity contribution is 6.33. The van der Waals surface area contributed by atoms with Crippen molar-refractivity contribution in [3.63, 3.8) is 0 Å². The Morgan fingerprint density at radius 2 is 1.83 bits per heavy atom. The number of nitrogens with zero attached hydrogens (tertiary/aromatic N) is 4. The topological polar surface area (TPSA) is 41.9 Å². The number of aromatic nitrogens is 3. The zero-order valence-electron chi connectivity index (χ0n) is 10.1. The maximum Gasteiger partial charge on any atom is 0.225 e. The average molecular weight is 263 g/mol. The summed E-state index contributed by atoms with van der Waals surface area (Å²) in [6.07, 6.45) is 8.51. The number of halogens is 1. The van der Waals surface area contributed by atoms with E-state index in [0.717, 1.165) is 29.9 Å². The van der Waals surface area contributed by atoms with Crippen LogP contribution in [0.4, 0.5) is 5.95 Å². The van der Waals surface area contributed by atoms with E-state index in [1.807, 2.05) is 6.07 Å². The van der Waals surface area contributed by atoms with E-state index in [4.69, 9.17) is 11.6 Å². The van der Waals surface area contributed by atoms with E-state index in [1.54, 1.807) is 12.4 Å². The molecule has 1 saturated heterocycles. The second-order valence-corrected chi connectivity index (χ2v) is 4.96. The summed E-state index contributed by atoms with van der Waals surface area (Å²) in [7, 11) is 0. The molecule has 1 fully saturated rings. The molecule has 94 valence electrons. The average Bonchev–Trinajstić information content (AvgIpc) is 2.67. The van der Waals surface area contributed by atoms with Gasteiger partial charge in [0.05, 0.1) is 10.9 Å². The molecule has 0 radical (unpaired) electrons. The van der Waals surface area contributed by atoms with Crippen molar-refractivity contribution in [3.8, 4) is 0 Å². The molecule has 0 N–H and O–H groups in total. The lowest BCUT2D eigenvalue weighted by atomic mass is 10.2. The summed E-state index contributed by atoms with van der Waals surface area (Å²) in [5.74, 6) is 0.812. The summed E-state index contributed by atoms with van der Waals surface area (Å²) in [6, 6.07) is 1.88. The molecule has 0 amide bonds. The Balaban J connectivity index is 1.97. The number of fused-ring (bicyclic) bond motifs is 1. The molecule has 0 atom stereocenters. The minimum absolute atomic E-state index is 0.468. The summed E-state index contributed by atoms with van der Waals surface area (Å²) in [5.41, 5.74) is 0.865. The van der Waals surface area contributed by atoms with Crippen LogP contribution in [0, 0.1) is 0 Å². The van der Waals surface area contributed by atoms with Crippen LogP contribution >= 0.6 is 11.6 Å². The number of hydrogen-bond donors (Lipinski definition) is 0. The van der Waals surface area contributed by atoms with E-state index in [1.165, 1.54) is 25.7 Å². The molecule has 0 spiro atoms. The van der Waals surface area contributed by atoms with Gasteiger partial charge in [-0.1, -0.05) is 24.4 Å². The van der Waals surface area contributed by atoms with Crippen LogP contribution in [0.2, 0.25) is 5.15 Å². The lowest BCUT2D eigenvalue weighted by Crippen LogP contribution is -2.25. The Labute approximate surface area is 111 Å². The maximum atomic E-state index is 6.02. The first kappa shape index (κ1) is 11.7. The SMILES string of the molecule is Clc1nccc2nc(N3CCCCCC3)ncc12. The Kier molecular flexibility index (Phi) is 3.28. The first-order chi connectivity index (χ1) is 8.84. The third-order valence-electron chi connectivity index (χ3n) is 3.34. The molecule has 0 bridgehead atoms. The van der Waals surface area contributed by atoms with Gasteiger partial charge in [0.2, 0.25) is 5.95 Å². The molecule has 4 nitrogen and oxygen atoms in total. The van der Waals surface area contributed by atoms with Crippen molar-refractivity contribution in [1.29, 1.82) is 0 Å². The van der Waals surface area contributed by atoms with Gasteiger partial charge in [0.15, 0.2) is 0 Å². The van der Waals surface area contributed by atoms with E-state index < -0.39 is 0 Å². The molecule has 3 rings (SSSR count). The highest BCUT2D eigenvalue weighted by atomic mass is 35.5. The number of anilines is 1. The van der Waals surface area contributed by atoms with Gasteiger partial charge in [0.1, 0.15) is 5.15 Å². The molecule has 1 aliphatic heterocycles. The number of pyridine rings is 1. The van der Waals surface area contributed by atoms with E-state index in [0.29, 0.717) is 5.15 Å². The number of hydrogen-bond acceptors (Lipinski definition) is 4. The van der Waals surface area contributed by atoms with Gasteiger partial charge < -0.3 is 4.90 Å². The third-order valence-corrected chi connectivity index (χ3v) is 3.64. The number of rotatable bonds is 1. The van der Waals surface area contributed by atoms with E-state index in [-0.39, 0.29) is 0 Å². The van der Waals surface area contributed by atoms with Crippen LogP contribution in [0.5, 0.6) is 0 Å². The van der Waals surface area contributed by atoms with Crippen LogP contribution in [0.15, 0.2) is 18.5 Å². The molecule has 3 heterocycles. The van der Waals surface area contributed by atoms with Gasteiger partial charge in [-0.3, -0.25) is 0 Å². The molecular formula is C13H15ClN4. The smallest absolute Gasteiger partial charge is 0.225 e. The fraction of sp³-hybridized carbons (Fsp3) is 0.462. The second-order valence-electron chi connectivity index (χ2n) is 4.61. The molecule has 2 aromatic rings. The zero-order valence-corrected chi connectivity index (χ0v) is 10.9. The molecule has 0 aromatic carbocycles. The maximum absolute atomic E-state index is 6.02. The fourth-order valence-corrected chi connectivity index (χ4v) is 2.54. The molecule has 5 heteroatoms. The molecule has 2 aromatic heterocycles. The highest BCUT2D eigenvalue weighted by Gasteiger charge is 2.13. The van der Waals surface area contributed by atoms with Crippen molar-refractivity contribution in [2.24, 2.45) is 0 Å². The minimum atomic E-state index is 0.468. The monoisotopic (exact) mass is 262 g/mol. The summed E-state index contributed by atoms with van der Waals surface area (Å²) in [6.45, 7) is 2.09. The first-order valence-corrected chi connectivity index (χ1v) is 6.74. The molecule has 0 unspecified atom stereocenters. The standard InChI is InChI=1S/C13H15ClN4/c14-12-10-9-16-13(17-11(10)5-6-15-12)18-7-3-1-2-4-8-18/h5-6,9H,1-4,7-8H2. The summed E-state index contributed by atoms with van der Waals surface area (Å²) >= 11 is 6.02. The lowest BCUT2D eigenvalue weighted by Gasteiger charge is -2.20. The third kappa shape index (κ3) is 2.25. The van der Waals surface area contributed by atoms with E-state index in [9.17, 15) is 0 Å². The van der Waals surface area contributed by atoms with Crippen LogP contribution in [0.3, 0.4) is 0 Å². The summed E-state index contributed by atoms with van der Waals surface area (Å²) < 4.78 is 0. The van der Waals surface area contributed by atoms with Gasteiger partial charge in [0, 0.05) is 25.5 Å². The van der Waals surface area contributed by atoms with Crippen molar-refractivity contribution in [2.75, 3.05) is 18.0 Å². The van der Waals surface area contributed by atoms with E-state index >= 15 is 0 Å². The summed E-state index contributed by atoms with van der Waals surface area (Å²) in [4.78, 5) is 15.3. The molecular weight excluding hydrogens is 248 g/mol. The zero-order chi connectivity index (χ0) is 12.4. The molecule has 0 saturated carbocycles. The predicted octanol–water partition coefficient (Wildman–Crippen LogP) is 3.06. The minimum Gasteiger partial charge on any atom is -0.341 e. The first-order valence-electron chi connectivity index (χ1n) is 6.37. The normalized spacial score (nSPS) is 16.8. The Morgan fingerprint density at radius 3 is 2.61 bits per heavy atom. The van der Waals surface area contributed by atoms with E-state index in [2.05, 4.69) is 19.9 Å². The predicted molar refractivity (Wildman–Crippen MR) is 73.0 cm³/mol. The Bertz CT molecular complexity index is 550. The van der Waals surface area contributed by atoms with Crippen LogP contribution in [0.25, 0.3) is 10.9 Å². The largest absolute Gasteiger partial charge is 0.341 e. The molecule has 0 aliphatic carbocycles. The van der Waals surface area contributed by atoms with Gasteiger partial charge in [0.25, 0.3) is 0 Å². The van der Waals surface area contributed by atoms with Crippen molar-refractivity contribution in [1.82, 2.24) is 15.0 Å². The second kappa shape index (κ2) is 5.06. The Morgan fingerprint density at radius 1 is 1.06 bits per heavy atom. The van der Waals surface area contributed by atoms with Crippen molar-refractivity contribution in [2.45, 2.75) is 25.7 Å². The van der Waals surface area contributed by atoms with Gasteiger partial charge in [-0.05, 0) is 18.9 Å². The van der Waals surface area contributed by atoms with Gasteiger partial charge >= 0.3 is 0 Å². The van der Waals surface area contributed by atoms with Gasteiger partial charge in [-0.2, -0.15) is 0 Å². The molecule has 18 heavy (non-hydrogen) atoms. The van der Waals surface area contributed by atoms with Gasteiger partial charge in [-0.25, -0.2) is 15.0 Å². The summed E-state index contributed by atoms with van der Waals surface area (Å²) in [5, 5.41) is 1.28. The van der Waals surface area contributed by atoms with Crippen molar-refractivity contribution < 1.29 is 0 Å². The van der Waals surface area contributed by atoms with Crippen LogP contribution in [0.1, 0.15) is 25.7 Å². The van der Waals surface area contributed by atoms with Crippen LogP contribution in [-0.4, -0.2) is 28.0 Å². The Hall–Kier alpha value is -1.42. The highest BCUT2D eigenvalue weighted by Crippen LogP contribution is 2.22. The van der Waals surface area contributed by atoms with Gasteiger partial charge in [-0.15, -0.1) is 0 Å². The van der Waals surface area contributed by atoms with Crippen molar-refractivity contribution >= 4 is 28.5 Å².